The number of rotatable bonds is 9. The number of nitrogens with zero attached hydrogens (tertiary/aromatic N) is 1. The van der Waals surface area contributed by atoms with Crippen molar-refractivity contribution in [1.82, 2.24) is 15.6 Å². The summed E-state index contributed by atoms with van der Waals surface area (Å²) in [6.45, 7) is 4.25. The van der Waals surface area contributed by atoms with E-state index in [1.165, 1.54) is 6.26 Å². The van der Waals surface area contributed by atoms with E-state index in [2.05, 4.69) is 15.6 Å². The summed E-state index contributed by atoms with van der Waals surface area (Å²) in [4.78, 5) is 29.9. The summed E-state index contributed by atoms with van der Waals surface area (Å²) in [5.74, 6) is 0.640. The highest BCUT2D eigenvalue weighted by atomic mass is 16.5. The summed E-state index contributed by atoms with van der Waals surface area (Å²) >= 11 is 0. The minimum Gasteiger partial charge on any atom is -0.459 e. The molecule has 0 spiro atoms. The third-order valence-corrected chi connectivity index (χ3v) is 5.47. The molecule has 7 heteroatoms. The fourth-order valence-electron chi connectivity index (χ4n) is 3.51. The van der Waals surface area contributed by atoms with E-state index in [0.29, 0.717) is 12.3 Å². The molecule has 0 saturated heterocycles. The molecular weight excluding hydrogens is 442 g/mol. The Morgan fingerprint density at radius 2 is 1.80 bits per heavy atom. The van der Waals surface area contributed by atoms with Gasteiger partial charge in [-0.05, 0) is 54.3 Å². The monoisotopic (exact) mass is 469 g/mol. The molecule has 1 atom stereocenters. The van der Waals surface area contributed by atoms with Gasteiger partial charge in [0, 0.05) is 25.2 Å². The van der Waals surface area contributed by atoms with Gasteiger partial charge in [0.1, 0.15) is 11.8 Å². The zero-order valence-corrected chi connectivity index (χ0v) is 19.7. The lowest BCUT2D eigenvalue weighted by molar-refractivity contribution is -0.123. The number of aromatic nitrogens is 1. The second kappa shape index (κ2) is 11.2. The summed E-state index contributed by atoms with van der Waals surface area (Å²) in [6, 6.07) is 21.6. The number of ether oxygens (including phenoxy) is 1. The summed E-state index contributed by atoms with van der Waals surface area (Å²) in [5, 5.41) is 5.66. The second-order valence-electron chi connectivity index (χ2n) is 8.29. The van der Waals surface area contributed by atoms with Gasteiger partial charge in [-0.2, -0.15) is 0 Å². The van der Waals surface area contributed by atoms with Crippen LogP contribution in [-0.4, -0.2) is 22.8 Å². The van der Waals surface area contributed by atoms with Crippen molar-refractivity contribution in [2.75, 3.05) is 0 Å². The molecule has 4 aromatic rings. The van der Waals surface area contributed by atoms with Gasteiger partial charge in [-0.3, -0.25) is 9.59 Å². The topological polar surface area (TPSA) is 93.5 Å². The van der Waals surface area contributed by atoms with Crippen molar-refractivity contribution in [3.63, 3.8) is 0 Å². The van der Waals surface area contributed by atoms with Gasteiger partial charge in [0.25, 0.3) is 5.91 Å². The van der Waals surface area contributed by atoms with Crippen molar-refractivity contribution < 1.29 is 18.7 Å². The number of hydrogen-bond donors (Lipinski definition) is 2. The Morgan fingerprint density at radius 3 is 2.51 bits per heavy atom. The third kappa shape index (κ3) is 6.57. The van der Waals surface area contributed by atoms with Crippen LogP contribution in [-0.2, 0) is 17.8 Å². The Balaban J connectivity index is 1.39. The van der Waals surface area contributed by atoms with Crippen LogP contribution in [0.25, 0.3) is 0 Å². The van der Waals surface area contributed by atoms with Crippen molar-refractivity contribution in [2.24, 2.45) is 0 Å². The number of carbonyl (C=O) groups is 2. The van der Waals surface area contributed by atoms with Crippen LogP contribution in [0.4, 0.5) is 0 Å². The van der Waals surface area contributed by atoms with Crippen LogP contribution in [0.2, 0.25) is 0 Å². The maximum absolute atomic E-state index is 13.0. The van der Waals surface area contributed by atoms with Gasteiger partial charge in [0.2, 0.25) is 11.8 Å². The van der Waals surface area contributed by atoms with Crippen molar-refractivity contribution in [1.29, 1.82) is 0 Å². The fourth-order valence-corrected chi connectivity index (χ4v) is 3.51. The SMILES string of the molecule is Cc1ccc(C)c(Oc2ccc(CNC(=O)C(Cc3ccccc3)NC(=O)c3ccco3)cn2)c1. The number of aryl methyl sites for hydroxylation is 2. The fraction of sp³-hybridized carbons (Fsp3) is 0.179. The summed E-state index contributed by atoms with van der Waals surface area (Å²) in [7, 11) is 0. The molecule has 0 aliphatic carbocycles. The predicted octanol–water partition coefficient (Wildman–Crippen LogP) is 4.74. The molecule has 0 radical (unpaired) electrons. The molecule has 7 nitrogen and oxygen atoms in total. The van der Waals surface area contributed by atoms with E-state index in [1.807, 2.05) is 68.4 Å². The summed E-state index contributed by atoms with van der Waals surface area (Å²) < 4.78 is 11.1. The summed E-state index contributed by atoms with van der Waals surface area (Å²) in [6.07, 6.45) is 3.43. The average molecular weight is 470 g/mol. The molecule has 0 aliphatic rings. The van der Waals surface area contributed by atoms with Crippen LogP contribution < -0.4 is 15.4 Å². The quantitative estimate of drug-likeness (QED) is 0.369. The number of amides is 2. The first-order valence-corrected chi connectivity index (χ1v) is 11.3. The van der Waals surface area contributed by atoms with Crippen LogP contribution in [0.15, 0.2) is 89.7 Å². The van der Waals surface area contributed by atoms with Crippen molar-refractivity contribution in [3.05, 3.63) is 113 Å². The Bertz CT molecular complexity index is 1270. The van der Waals surface area contributed by atoms with Crippen LogP contribution in [0.1, 0.15) is 32.8 Å². The van der Waals surface area contributed by atoms with Crippen molar-refractivity contribution in [3.8, 4) is 11.6 Å². The number of carbonyl (C=O) groups excluding carboxylic acids is 2. The van der Waals surface area contributed by atoms with Crippen LogP contribution >= 0.6 is 0 Å². The van der Waals surface area contributed by atoms with E-state index in [1.54, 1.807) is 24.4 Å². The van der Waals surface area contributed by atoms with E-state index in [9.17, 15) is 9.59 Å². The lowest BCUT2D eigenvalue weighted by Gasteiger charge is -2.18. The Hall–Kier alpha value is -4.39. The summed E-state index contributed by atoms with van der Waals surface area (Å²) in [5.41, 5.74) is 3.87. The number of pyridine rings is 1. The van der Waals surface area contributed by atoms with Crippen molar-refractivity contribution in [2.45, 2.75) is 32.9 Å². The molecule has 2 N–H and O–H groups in total. The van der Waals surface area contributed by atoms with Gasteiger partial charge in [-0.15, -0.1) is 0 Å². The van der Waals surface area contributed by atoms with Gasteiger partial charge in [0.15, 0.2) is 5.76 Å². The number of furan rings is 1. The first-order chi connectivity index (χ1) is 17.0. The maximum atomic E-state index is 13.0. The molecule has 4 rings (SSSR count). The molecule has 1 unspecified atom stereocenters. The van der Waals surface area contributed by atoms with Gasteiger partial charge in [0.05, 0.1) is 6.26 Å². The van der Waals surface area contributed by atoms with E-state index in [-0.39, 0.29) is 18.2 Å². The molecular formula is C28H27N3O4. The highest BCUT2D eigenvalue weighted by Gasteiger charge is 2.23. The number of benzene rings is 2. The van der Waals surface area contributed by atoms with E-state index >= 15 is 0 Å². The molecule has 0 fully saturated rings. The molecule has 0 aliphatic heterocycles. The first kappa shape index (κ1) is 23.8. The van der Waals surface area contributed by atoms with Gasteiger partial charge < -0.3 is 19.8 Å². The number of hydrogen-bond acceptors (Lipinski definition) is 5. The Labute approximate surface area is 204 Å². The van der Waals surface area contributed by atoms with Crippen LogP contribution in [0, 0.1) is 13.8 Å². The first-order valence-electron chi connectivity index (χ1n) is 11.3. The Kier molecular flexibility index (Phi) is 7.57. The van der Waals surface area contributed by atoms with Crippen LogP contribution in [0.5, 0.6) is 11.6 Å². The zero-order chi connectivity index (χ0) is 24.6. The highest BCUT2D eigenvalue weighted by molar-refractivity contribution is 5.95. The predicted molar refractivity (Wildman–Crippen MR) is 132 cm³/mol. The highest BCUT2D eigenvalue weighted by Crippen LogP contribution is 2.24. The van der Waals surface area contributed by atoms with E-state index in [4.69, 9.17) is 9.15 Å². The molecule has 2 aromatic carbocycles. The maximum Gasteiger partial charge on any atom is 0.287 e. The largest absolute Gasteiger partial charge is 0.459 e. The standard InChI is InChI=1S/C28H27N3O4/c1-19-10-11-20(2)25(15-19)35-26-13-12-22(17-29-26)18-30-27(32)23(16-21-7-4-3-5-8-21)31-28(33)24-9-6-14-34-24/h3-15,17,23H,16,18H2,1-2H3,(H,30,32)(H,31,33). The normalized spacial score (nSPS) is 11.5. The Morgan fingerprint density at radius 1 is 0.971 bits per heavy atom. The lowest BCUT2D eigenvalue weighted by atomic mass is 10.0. The number of nitrogens with one attached hydrogen (secondary N) is 2. The molecule has 35 heavy (non-hydrogen) atoms. The van der Waals surface area contributed by atoms with Gasteiger partial charge in [-0.1, -0.05) is 48.5 Å². The zero-order valence-electron chi connectivity index (χ0n) is 19.7. The minimum absolute atomic E-state index is 0.152. The third-order valence-electron chi connectivity index (χ3n) is 5.47. The molecule has 178 valence electrons. The van der Waals surface area contributed by atoms with E-state index < -0.39 is 11.9 Å². The molecule has 2 heterocycles. The smallest absolute Gasteiger partial charge is 0.287 e. The van der Waals surface area contributed by atoms with Crippen molar-refractivity contribution >= 4 is 11.8 Å². The lowest BCUT2D eigenvalue weighted by Crippen LogP contribution is -2.47. The van der Waals surface area contributed by atoms with Crippen LogP contribution in [0.3, 0.4) is 0 Å². The van der Waals surface area contributed by atoms with E-state index in [0.717, 1.165) is 28.0 Å². The molecule has 2 amide bonds. The molecule has 2 aromatic heterocycles. The molecule has 0 saturated carbocycles. The van der Waals surface area contributed by atoms with Gasteiger partial charge >= 0.3 is 0 Å². The molecule has 0 bridgehead atoms. The minimum atomic E-state index is -0.769. The van der Waals surface area contributed by atoms with Gasteiger partial charge in [-0.25, -0.2) is 4.98 Å². The second-order valence-corrected chi connectivity index (χ2v) is 8.29. The average Bonchev–Trinajstić information content (AvgIpc) is 3.41.